The van der Waals surface area contributed by atoms with E-state index in [2.05, 4.69) is 12.1 Å². The predicted molar refractivity (Wildman–Crippen MR) is 78.1 cm³/mol. The minimum atomic E-state index is -0.343. The lowest BCUT2D eigenvalue weighted by Gasteiger charge is -2.12. The first kappa shape index (κ1) is 13.3. The van der Waals surface area contributed by atoms with Crippen LogP contribution < -0.4 is 0 Å². The van der Waals surface area contributed by atoms with Gasteiger partial charge in [0, 0.05) is 0 Å². The Labute approximate surface area is 119 Å². The van der Waals surface area contributed by atoms with Crippen molar-refractivity contribution in [3.8, 4) is 0 Å². The third kappa shape index (κ3) is 2.75. The molecular weight excluding hydrogens is 251 g/mol. The van der Waals surface area contributed by atoms with Crippen LogP contribution in [-0.4, -0.2) is 11.2 Å². The highest BCUT2D eigenvalue weighted by Crippen LogP contribution is 2.50. The molecule has 3 rings (SSSR count). The summed E-state index contributed by atoms with van der Waals surface area (Å²) in [5.74, 6) is 0.600. The monoisotopic (exact) mass is 270 g/mol. The number of rotatable bonds is 4. The fourth-order valence-electron chi connectivity index (χ4n) is 2.99. The summed E-state index contributed by atoms with van der Waals surface area (Å²) in [7, 11) is 0. The molecule has 0 amide bonds. The Hall–Kier alpha value is -1.67. The summed E-state index contributed by atoms with van der Waals surface area (Å²) in [6.45, 7) is 1.90. The van der Waals surface area contributed by atoms with Crippen LogP contribution in [0.5, 0.6) is 0 Å². The summed E-state index contributed by atoms with van der Waals surface area (Å²) < 4.78 is 13.1. The maximum absolute atomic E-state index is 13.1. The van der Waals surface area contributed by atoms with E-state index in [0.717, 1.165) is 17.5 Å². The fraction of sp³-hybridized carbons (Fsp3) is 0.333. The molecule has 20 heavy (non-hydrogen) atoms. The van der Waals surface area contributed by atoms with Gasteiger partial charge >= 0.3 is 0 Å². The minimum absolute atomic E-state index is 0.214. The number of aliphatic hydroxyl groups is 1. The molecule has 1 fully saturated rings. The number of halogens is 1. The van der Waals surface area contributed by atoms with Crippen molar-refractivity contribution in [2.75, 3.05) is 0 Å². The molecule has 1 saturated carbocycles. The Morgan fingerprint density at radius 1 is 1.20 bits per heavy atom. The van der Waals surface area contributed by atoms with Crippen LogP contribution in [0.1, 0.15) is 29.0 Å². The number of hydrogen-bond donors (Lipinski definition) is 1. The first-order valence-corrected chi connectivity index (χ1v) is 7.13. The molecule has 0 aliphatic heterocycles. The van der Waals surface area contributed by atoms with Crippen molar-refractivity contribution in [2.24, 2.45) is 5.92 Å². The molecule has 3 atom stereocenters. The van der Waals surface area contributed by atoms with Gasteiger partial charge in [0.05, 0.1) is 6.10 Å². The number of benzene rings is 2. The number of hydrogen-bond acceptors (Lipinski definition) is 1. The van der Waals surface area contributed by atoms with Gasteiger partial charge in [-0.2, -0.15) is 0 Å². The van der Waals surface area contributed by atoms with Crippen molar-refractivity contribution in [1.29, 1.82) is 0 Å². The maximum Gasteiger partial charge on any atom is 0.123 e. The molecule has 0 bridgehead atoms. The van der Waals surface area contributed by atoms with Gasteiger partial charge in [-0.25, -0.2) is 4.39 Å². The largest absolute Gasteiger partial charge is 0.392 e. The topological polar surface area (TPSA) is 20.2 Å². The second-order valence-corrected chi connectivity index (χ2v) is 5.76. The highest BCUT2D eigenvalue weighted by atomic mass is 19.1. The summed E-state index contributed by atoms with van der Waals surface area (Å²) in [4.78, 5) is 0. The van der Waals surface area contributed by atoms with Crippen molar-refractivity contribution in [1.82, 2.24) is 0 Å². The Morgan fingerprint density at radius 3 is 2.65 bits per heavy atom. The third-order valence-corrected chi connectivity index (χ3v) is 4.30. The lowest BCUT2D eigenvalue weighted by Crippen LogP contribution is -2.15. The van der Waals surface area contributed by atoms with Crippen molar-refractivity contribution < 1.29 is 9.50 Å². The van der Waals surface area contributed by atoms with Gasteiger partial charge < -0.3 is 5.11 Å². The van der Waals surface area contributed by atoms with Gasteiger partial charge in [-0.15, -0.1) is 0 Å². The van der Waals surface area contributed by atoms with Crippen LogP contribution in [0.15, 0.2) is 48.5 Å². The molecule has 0 radical (unpaired) electrons. The lowest BCUT2D eigenvalue weighted by atomic mass is 9.98. The second kappa shape index (κ2) is 5.37. The van der Waals surface area contributed by atoms with Gasteiger partial charge in [-0.3, -0.25) is 0 Å². The van der Waals surface area contributed by atoms with Crippen molar-refractivity contribution in [3.63, 3.8) is 0 Å². The van der Waals surface area contributed by atoms with E-state index < -0.39 is 0 Å². The first-order valence-electron chi connectivity index (χ1n) is 7.13. The molecule has 1 aliphatic rings. The second-order valence-electron chi connectivity index (χ2n) is 5.76. The molecule has 0 saturated heterocycles. The molecule has 104 valence electrons. The molecule has 1 N–H and O–H groups in total. The first-order chi connectivity index (χ1) is 9.65. The van der Waals surface area contributed by atoms with Crippen molar-refractivity contribution in [2.45, 2.75) is 31.8 Å². The van der Waals surface area contributed by atoms with Gasteiger partial charge in [-0.05, 0) is 60.4 Å². The van der Waals surface area contributed by atoms with Crippen LogP contribution in [0.3, 0.4) is 0 Å². The van der Waals surface area contributed by atoms with E-state index in [-0.39, 0.29) is 11.9 Å². The zero-order valence-electron chi connectivity index (χ0n) is 11.6. The van der Waals surface area contributed by atoms with Crippen molar-refractivity contribution >= 4 is 0 Å². The lowest BCUT2D eigenvalue weighted by molar-refractivity contribution is 0.149. The SMILES string of the molecule is Cc1cc(F)ccc1CC(O)C1CC1c1ccccc1. The number of aryl methyl sites for hydroxylation is 1. The molecule has 2 aromatic rings. The van der Waals surface area contributed by atoms with Gasteiger partial charge in [-0.1, -0.05) is 36.4 Å². The standard InChI is InChI=1S/C18H19FO/c1-12-9-15(19)8-7-14(12)10-18(20)17-11-16(17)13-5-3-2-4-6-13/h2-9,16-18,20H,10-11H2,1H3. The van der Waals surface area contributed by atoms with E-state index in [1.54, 1.807) is 6.07 Å². The smallest absolute Gasteiger partial charge is 0.123 e. The Morgan fingerprint density at radius 2 is 1.95 bits per heavy atom. The molecule has 0 heterocycles. The Bertz CT molecular complexity index is 594. The summed E-state index contributed by atoms with van der Waals surface area (Å²) >= 11 is 0. The fourth-order valence-corrected chi connectivity index (χ4v) is 2.99. The molecular formula is C18H19FO. The van der Waals surface area contributed by atoms with Crippen LogP contribution in [0.2, 0.25) is 0 Å². The highest BCUT2D eigenvalue weighted by molar-refractivity contribution is 5.30. The highest BCUT2D eigenvalue weighted by Gasteiger charge is 2.43. The maximum atomic E-state index is 13.1. The molecule has 2 heteroatoms. The molecule has 0 spiro atoms. The van der Waals surface area contributed by atoms with E-state index in [1.165, 1.54) is 17.7 Å². The Balaban J connectivity index is 1.65. The molecule has 0 aromatic heterocycles. The Kier molecular flexibility index (Phi) is 3.58. The average Bonchev–Trinajstić information content (AvgIpc) is 3.23. The van der Waals surface area contributed by atoms with Gasteiger partial charge in [0.2, 0.25) is 0 Å². The summed E-state index contributed by atoms with van der Waals surface area (Å²) in [5.41, 5.74) is 3.27. The zero-order chi connectivity index (χ0) is 14.1. The number of aliphatic hydroxyl groups excluding tert-OH is 1. The van der Waals surface area contributed by atoms with E-state index in [1.807, 2.05) is 25.1 Å². The minimum Gasteiger partial charge on any atom is -0.392 e. The van der Waals surface area contributed by atoms with Crippen molar-refractivity contribution in [3.05, 3.63) is 71.0 Å². The predicted octanol–water partition coefficient (Wildman–Crippen LogP) is 3.84. The van der Waals surface area contributed by atoms with E-state index >= 15 is 0 Å². The van der Waals surface area contributed by atoms with Gasteiger partial charge in [0.15, 0.2) is 0 Å². The summed E-state index contributed by atoms with van der Waals surface area (Å²) in [5, 5.41) is 10.4. The van der Waals surface area contributed by atoms with E-state index in [9.17, 15) is 9.50 Å². The molecule has 1 aliphatic carbocycles. The van der Waals surface area contributed by atoms with E-state index in [0.29, 0.717) is 18.3 Å². The van der Waals surface area contributed by atoms with Crippen LogP contribution in [0.4, 0.5) is 4.39 Å². The average molecular weight is 270 g/mol. The summed E-state index contributed by atoms with van der Waals surface area (Å²) in [6, 6.07) is 15.1. The quantitative estimate of drug-likeness (QED) is 0.895. The molecule has 3 unspecified atom stereocenters. The van der Waals surface area contributed by atoms with Gasteiger partial charge in [0.1, 0.15) is 5.82 Å². The molecule has 2 aromatic carbocycles. The summed E-state index contributed by atoms with van der Waals surface area (Å²) in [6.07, 6.45) is 1.32. The van der Waals surface area contributed by atoms with E-state index in [4.69, 9.17) is 0 Å². The van der Waals surface area contributed by atoms with Gasteiger partial charge in [0.25, 0.3) is 0 Å². The third-order valence-electron chi connectivity index (χ3n) is 4.30. The molecule has 1 nitrogen and oxygen atoms in total. The van der Waals surface area contributed by atoms with Crippen LogP contribution >= 0.6 is 0 Å². The van der Waals surface area contributed by atoms with Crippen LogP contribution in [0.25, 0.3) is 0 Å². The normalized spacial score (nSPS) is 22.6. The van der Waals surface area contributed by atoms with Crippen LogP contribution in [0, 0.1) is 18.7 Å². The zero-order valence-corrected chi connectivity index (χ0v) is 11.6. The van der Waals surface area contributed by atoms with Crippen LogP contribution in [-0.2, 0) is 6.42 Å².